The number of fused-ring (bicyclic) bond motifs is 1. The number of hydrogen-bond donors (Lipinski definition) is 0. The fourth-order valence-electron chi connectivity index (χ4n) is 2.63. The zero-order valence-corrected chi connectivity index (χ0v) is 11.6. The van der Waals surface area contributed by atoms with Crippen molar-refractivity contribution in [2.24, 2.45) is 7.05 Å². The van der Waals surface area contributed by atoms with Crippen molar-refractivity contribution in [3.8, 4) is 11.3 Å². The van der Waals surface area contributed by atoms with Crippen LogP contribution in [0.1, 0.15) is 11.1 Å². The molecule has 0 aliphatic rings. The zero-order chi connectivity index (χ0) is 13.4. The second-order valence-electron chi connectivity index (χ2n) is 5.15. The molecule has 0 spiro atoms. The third-order valence-electron chi connectivity index (χ3n) is 3.75. The van der Waals surface area contributed by atoms with Crippen molar-refractivity contribution in [2.75, 3.05) is 0 Å². The molecule has 1 heteroatoms. The van der Waals surface area contributed by atoms with Gasteiger partial charge in [0.25, 0.3) is 0 Å². The first kappa shape index (κ1) is 11.9. The van der Waals surface area contributed by atoms with Gasteiger partial charge in [0.05, 0.1) is 0 Å². The standard InChI is InChI=1S/C18H18N/c1-13-8-9-14(2)16(12-13)18-11-10-15-6-4-5-7-17(15)19(18)3/h4-12H,1-3H3/q+1. The molecular weight excluding hydrogens is 230 g/mol. The summed E-state index contributed by atoms with van der Waals surface area (Å²) in [5, 5.41) is 1.28. The van der Waals surface area contributed by atoms with Crippen LogP contribution in [-0.2, 0) is 7.05 Å². The van der Waals surface area contributed by atoms with Crippen LogP contribution in [0.4, 0.5) is 0 Å². The third-order valence-corrected chi connectivity index (χ3v) is 3.75. The van der Waals surface area contributed by atoms with Crippen LogP contribution in [-0.4, -0.2) is 0 Å². The molecule has 94 valence electrons. The highest BCUT2D eigenvalue weighted by atomic mass is 14.9. The SMILES string of the molecule is Cc1ccc(C)c(-c2ccc3ccccc3[n+]2C)c1. The lowest BCUT2D eigenvalue weighted by Crippen LogP contribution is -2.32. The van der Waals surface area contributed by atoms with Crippen molar-refractivity contribution < 1.29 is 4.57 Å². The normalized spacial score (nSPS) is 10.9. The van der Waals surface area contributed by atoms with Crippen molar-refractivity contribution in [3.05, 3.63) is 65.7 Å². The van der Waals surface area contributed by atoms with Gasteiger partial charge in [0.2, 0.25) is 11.2 Å². The number of rotatable bonds is 1. The zero-order valence-electron chi connectivity index (χ0n) is 11.6. The highest BCUT2D eigenvalue weighted by molar-refractivity contribution is 5.77. The molecule has 3 aromatic rings. The van der Waals surface area contributed by atoms with Crippen molar-refractivity contribution in [3.63, 3.8) is 0 Å². The Bertz CT molecular complexity index is 757. The number of para-hydroxylation sites is 1. The minimum absolute atomic E-state index is 1.26. The van der Waals surface area contributed by atoms with Gasteiger partial charge < -0.3 is 0 Å². The van der Waals surface area contributed by atoms with Crippen molar-refractivity contribution in [2.45, 2.75) is 13.8 Å². The summed E-state index contributed by atoms with van der Waals surface area (Å²) in [5.41, 5.74) is 6.46. The molecule has 0 amide bonds. The molecule has 1 nitrogen and oxygen atoms in total. The molecule has 2 aromatic carbocycles. The van der Waals surface area contributed by atoms with Crippen molar-refractivity contribution >= 4 is 10.9 Å². The summed E-state index contributed by atoms with van der Waals surface area (Å²) in [7, 11) is 2.14. The highest BCUT2D eigenvalue weighted by Gasteiger charge is 2.15. The molecule has 19 heavy (non-hydrogen) atoms. The summed E-state index contributed by atoms with van der Waals surface area (Å²) in [4.78, 5) is 0. The van der Waals surface area contributed by atoms with Crippen LogP contribution in [0.15, 0.2) is 54.6 Å². The largest absolute Gasteiger partial charge is 0.213 e. The van der Waals surface area contributed by atoms with E-state index in [0.29, 0.717) is 0 Å². The summed E-state index contributed by atoms with van der Waals surface area (Å²) in [6.07, 6.45) is 0. The first-order valence-corrected chi connectivity index (χ1v) is 6.62. The number of aryl methyl sites for hydroxylation is 3. The Kier molecular flexibility index (Phi) is 2.83. The molecule has 0 aliphatic heterocycles. The highest BCUT2D eigenvalue weighted by Crippen LogP contribution is 2.23. The van der Waals surface area contributed by atoms with E-state index in [4.69, 9.17) is 0 Å². The Morgan fingerprint density at radius 1 is 0.842 bits per heavy atom. The lowest BCUT2D eigenvalue weighted by molar-refractivity contribution is -0.633. The van der Waals surface area contributed by atoms with Crippen molar-refractivity contribution in [1.82, 2.24) is 0 Å². The van der Waals surface area contributed by atoms with E-state index in [1.807, 2.05) is 0 Å². The quantitative estimate of drug-likeness (QED) is 0.574. The molecule has 0 saturated carbocycles. The molecule has 3 rings (SSSR count). The van der Waals surface area contributed by atoms with Crippen LogP contribution in [0.3, 0.4) is 0 Å². The predicted octanol–water partition coefficient (Wildman–Crippen LogP) is 3.95. The second-order valence-corrected chi connectivity index (χ2v) is 5.15. The molecule has 0 radical (unpaired) electrons. The molecule has 0 bridgehead atoms. The van der Waals surface area contributed by atoms with Gasteiger partial charge in [-0.1, -0.05) is 29.8 Å². The van der Waals surface area contributed by atoms with Gasteiger partial charge in [0, 0.05) is 23.1 Å². The maximum Gasteiger partial charge on any atom is 0.213 e. The first-order chi connectivity index (χ1) is 9.16. The Morgan fingerprint density at radius 2 is 1.63 bits per heavy atom. The van der Waals surface area contributed by atoms with Crippen LogP contribution in [0.5, 0.6) is 0 Å². The number of pyridine rings is 1. The molecule has 0 unspecified atom stereocenters. The number of benzene rings is 2. The smallest absolute Gasteiger partial charge is 0.194 e. The number of aromatic nitrogens is 1. The van der Waals surface area contributed by atoms with Crippen LogP contribution in [0.25, 0.3) is 22.2 Å². The van der Waals surface area contributed by atoms with E-state index in [-0.39, 0.29) is 0 Å². The van der Waals surface area contributed by atoms with Crippen molar-refractivity contribution in [1.29, 1.82) is 0 Å². The van der Waals surface area contributed by atoms with Crippen LogP contribution < -0.4 is 4.57 Å². The minimum Gasteiger partial charge on any atom is -0.194 e. The summed E-state index contributed by atoms with van der Waals surface area (Å²) < 4.78 is 2.27. The Labute approximate surface area is 114 Å². The molecular formula is C18H18N+. The minimum atomic E-state index is 1.26. The Hall–Kier alpha value is -2.15. The monoisotopic (exact) mass is 248 g/mol. The van der Waals surface area contributed by atoms with Gasteiger partial charge in [0.15, 0.2) is 0 Å². The van der Waals surface area contributed by atoms with E-state index in [1.165, 1.54) is 33.3 Å². The molecule has 0 atom stereocenters. The average molecular weight is 248 g/mol. The fourth-order valence-corrected chi connectivity index (χ4v) is 2.63. The lowest BCUT2D eigenvalue weighted by Gasteiger charge is -2.07. The van der Waals surface area contributed by atoms with Gasteiger partial charge in [-0.15, -0.1) is 0 Å². The van der Waals surface area contributed by atoms with E-state index in [9.17, 15) is 0 Å². The van der Waals surface area contributed by atoms with Crippen LogP contribution in [0, 0.1) is 13.8 Å². The summed E-state index contributed by atoms with van der Waals surface area (Å²) in [5.74, 6) is 0. The maximum atomic E-state index is 2.27. The molecule has 0 saturated heterocycles. The predicted molar refractivity (Wildman–Crippen MR) is 80.0 cm³/mol. The van der Waals surface area contributed by atoms with Gasteiger partial charge in [-0.25, -0.2) is 0 Å². The Balaban J connectivity index is 2.31. The van der Waals surface area contributed by atoms with E-state index in [2.05, 4.69) is 80.1 Å². The number of nitrogens with zero attached hydrogens (tertiary/aromatic N) is 1. The van der Waals surface area contributed by atoms with Gasteiger partial charge >= 0.3 is 0 Å². The van der Waals surface area contributed by atoms with Gasteiger partial charge in [0.1, 0.15) is 7.05 Å². The average Bonchev–Trinajstić information content (AvgIpc) is 2.43. The van der Waals surface area contributed by atoms with E-state index in [0.717, 1.165) is 0 Å². The van der Waals surface area contributed by atoms with Crippen LogP contribution >= 0.6 is 0 Å². The van der Waals surface area contributed by atoms with E-state index in [1.54, 1.807) is 0 Å². The fraction of sp³-hybridized carbons (Fsp3) is 0.167. The maximum absolute atomic E-state index is 2.27. The lowest BCUT2D eigenvalue weighted by atomic mass is 10.0. The molecule has 0 aliphatic carbocycles. The summed E-state index contributed by atoms with van der Waals surface area (Å²) in [6, 6.07) is 19.5. The third kappa shape index (κ3) is 2.01. The van der Waals surface area contributed by atoms with Crippen LogP contribution in [0.2, 0.25) is 0 Å². The van der Waals surface area contributed by atoms with Gasteiger partial charge in [-0.3, -0.25) is 0 Å². The molecule has 0 N–H and O–H groups in total. The second kappa shape index (κ2) is 4.51. The molecule has 1 aromatic heterocycles. The van der Waals surface area contributed by atoms with Gasteiger partial charge in [-0.05, 0) is 37.6 Å². The summed E-state index contributed by atoms with van der Waals surface area (Å²) >= 11 is 0. The topological polar surface area (TPSA) is 3.88 Å². The molecule has 0 fully saturated rings. The number of hydrogen-bond acceptors (Lipinski definition) is 0. The molecule has 1 heterocycles. The first-order valence-electron chi connectivity index (χ1n) is 6.62. The summed E-state index contributed by atoms with van der Waals surface area (Å²) in [6.45, 7) is 4.31. The van der Waals surface area contributed by atoms with E-state index < -0.39 is 0 Å². The van der Waals surface area contributed by atoms with Gasteiger partial charge in [-0.2, -0.15) is 4.57 Å². The van der Waals surface area contributed by atoms with E-state index >= 15 is 0 Å². The Morgan fingerprint density at radius 3 is 2.47 bits per heavy atom.